The van der Waals surface area contributed by atoms with Gasteiger partial charge in [-0.1, -0.05) is 25.5 Å². The third-order valence-corrected chi connectivity index (χ3v) is 7.90. The molecule has 0 N–H and O–H groups in total. The van der Waals surface area contributed by atoms with E-state index in [1.165, 1.54) is 4.31 Å². The molecule has 31 heavy (non-hydrogen) atoms. The van der Waals surface area contributed by atoms with Crippen molar-refractivity contribution < 1.29 is 13.2 Å². The summed E-state index contributed by atoms with van der Waals surface area (Å²) in [7, 11) is -3.53. The molecule has 4 rings (SSSR count). The van der Waals surface area contributed by atoms with Crippen molar-refractivity contribution in [2.24, 2.45) is 0 Å². The summed E-state index contributed by atoms with van der Waals surface area (Å²) in [5.41, 5.74) is 4.94. The van der Waals surface area contributed by atoms with Crippen LogP contribution in [0.5, 0.6) is 0 Å². The molecule has 1 aliphatic heterocycles. The number of fused-ring (bicyclic) bond motifs is 2. The highest BCUT2D eigenvalue weighted by molar-refractivity contribution is 7.89. The number of hydrogen-bond donors (Lipinski definition) is 0. The topological polar surface area (TPSA) is 70.6 Å². The Morgan fingerprint density at radius 1 is 1.06 bits per heavy atom. The Balaban J connectivity index is 1.74. The van der Waals surface area contributed by atoms with Gasteiger partial charge in [-0.15, -0.1) is 0 Å². The van der Waals surface area contributed by atoms with Gasteiger partial charge in [0.2, 0.25) is 10.0 Å². The van der Waals surface area contributed by atoms with Crippen molar-refractivity contribution in [3.05, 3.63) is 64.8 Å². The molecule has 0 unspecified atom stereocenters. The van der Waals surface area contributed by atoms with Crippen molar-refractivity contribution in [1.29, 1.82) is 0 Å². The molecule has 0 saturated heterocycles. The molecule has 0 bridgehead atoms. The van der Waals surface area contributed by atoms with Gasteiger partial charge in [-0.05, 0) is 62.2 Å². The van der Waals surface area contributed by atoms with Gasteiger partial charge in [0.15, 0.2) is 0 Å². The quantitative estimate of drug-likeness (QED) is 0.603. The average Bonchev–Trinajstić information content (AvgIpc) is 3.17. The van der Waals surface area contributed by atoms with E-state index < -0.39 is 10.0 Å². The maximum Gasteiger partial charge on any atom is 0.259 e. The second kappa shape index (κ2) is 8.05. The molecule has 0 radical (unpaired) electrons. The molecule has 1 amide bonds. The number of carbonyl (C=O) groups is 1. The van der Waals surface area contributed by atoms with Crippen molar-refractivity contribution >= 4 is 32.5 Å². The van der Waals surface area contributed by atoms with Crippen molar-refractivity contribution in [2.45, 2.75) is 39.0 Å². The summed E-state index contributed by atoms with van der Waals surface area (Å²) in [6.45, 7) is 8.92. The van der Waals surface area contributed by atoms with Gasteiger partial charge in [0.1, 0.15) is 0 Å². The standard InChI is InChI=1S/C24H27N3O3S/c1-5-26(6-2)31(29,30)19-8-10-23-18(15-19)11-12-27(23)24(28)21-14-17(4)25-22-9-7-16(3)13-20(21)22/h7-10,13-15H,5-6,11-12H2,1-4H3. The summed E-state index contributed by atoms with van der Waals surface area (Å²) in [6.07, 6.45) is 0.629. The van der Waals surface area contributed by atoms with Crippen molar-refractivity contribution in [3.8, 4) is 0 Å². The van der Waals surface area contributed by atoms with Gasteiger partial charge < -0.3 is 4.90 Å². The largest absolute Gasteiger partial charge is 0.308 e. The molecule has 0 aliphatic carbocycles. The van der Waals surface area contributed by atoms with Crippen molar-refractivity contribution in [3.63, 3.8) is 0 Å². The van der Waals surface area contributed by atoms with Crippen molar-refractivity contribution in [2.75, 3.05) is 24.5 Å². The molecule has 3 aromatic rings. The van der Waals surface area contributed by atoms with E-state index in [1.807, 2.05) is 52.0 Å². The first-order valence-electron chi connectivity index (χ1n) is 10.6. The molecular weight excluding hydrogens is 410 g/mol. The number of carbonyl (C=O) groups excluding carboxylic acids is 1. The normalized spacial score (nSPS) is 13.8. The average molecular weight is 438 g/mol. The molecule has 0 atom stereocenters. The minimum atomic E-state index is -3.53. The molecule has 6 nitrogen and oxygen atoms in total. The van der Waals surface area contributed by atoms with E-state index in [2.05, 4.69) is 4.98 Å². The Bertz CT molecular complexity index is 1280. The highest BCUT2D eigenvalue weighted by atomic mass is 32.2. The van der Waals surface area contributed by atoms with Gasteiger partial charge in [0.25, 0.3) is 5.91 Å². The van der Waals surface area contributed by atoms with Crippen LogP contribution in [0.4, 0.5) is 5.69 Å². The predicted octanol–water partition coefficient (Wildman–Crippen LogP) is 4.09. The third kappa shape index (κ3) is 3.72. The van der Waals surface area contributed by atoms with Crippen LogP contribution in [0, 0.1) is 13.8 Å². The maximum absolute atomic E-state index is 13.5. The number of rotatable bonds is 5. The monoisotopic (exact) mass is 437 g/mol. The second-order valence-corrected chi connectivity index (χ2v) is 9.86. The highest BCUT2D eigenvalue weighted by Crippen LogP contribution is 2.33. The van der Waals surface area contributed by atoms with E-state index in [0.717, 1.165) is 33.4 Å². The van der Waals surface area contributed by atoms with Crippen LogP contribution in [0.3, 0.4) is 0 Å². The molecule has 1 aliphatic rings. The molecule has 2 heterocycles. The molecule has 7 heteroatoms. The molecule has 0 fully saturated rings. The number of hydrogen-bond acceptors (Lipinski definition) is 4. The zero-order chi connectivity index (χ0) is 22.3. The fraction of sp³-hybridized carbons (Fsp3) is 0.333. The number of benzene rings is 2. The van der Waals surface area contributed by atoms with Crippen LogP contribution in [-0.4, -0.2) is 43.2 Å². The number of pyridine rings is 1. The fourth-order valence-corrected chi connectivity index (χ4v) is 5.77. The van der Waals surface area contributed by atoms with Gasteiger partial charge in [0, 0.05) is 36.4 Å². The number of aromatic nitrogens is 1. The van der Waals surface area contributed by atoms with Crippen molar-refractivity contribution in [1.82, 2.24) is 9.29 Å². The van der Waals surface area contributed by atoms with Crippen LogP contribution < -0.4 is 4.90 Å². The Hall–Kier alpha value is -2.77. The molecule has 0 spiro atoms. The SMILES string of the molecule is CCN(CC)S(=O)(=O)c1ccc2c(c1)CCN2C(=O)c1cc(C)nc2ccc(C)cc12. The van der Waals surface area contributed by atoms with Crippen LogP contribution in [0.1, 0.15) is 41.0 Å². The minimum Gasteiger partial charge on any atom is -0.308 e. The first-order valence-corrected chi connectivity index (χ1v) is 12.0. The Morgan fingerprint density at radius 2 is 1.81 bits per heavy atom. The summed E-state index contributed by atoms with van der Waals surface area (Å²) in [6, 6.07) is 12.8. The Kier molecular flexibility index (Phi) is 5.58. The maximum atomic E-state index is 13.5. The van der Waals surface area contributed by atoms with Gasteiger partial charge in [-0.3, -0.25) is 9.78 Å². The molecular formula is C24H27N3O3S. The lowest BCUT2D eigenvalue weighted by Crippen LogP contribution is -2.31. The number of amides is 1. The lowest BCUT2D eigenvalue weighted by atomic mass is 10.0. The fourth-order valence-electron chi connectivity index (χ4n) is 4.26. The molecule has 162 valence electrons. The zero-order valence-electron chi connectivity index (χ0n) is 18.3. The Morgan fingerprint density at radius 3 is 2.52 bits per heavy atom. The summed E-state index contributed by atoms with van der Waals surface area (Å²) < 4.78 is 27.2. The van der Waals surface area contributed by atoms with Gasteiger partial charge in [-0.25, -0.2) is 8.42 Å². The predicted molar refractivity (Wildman–Crippen MR) is 123 cm³/mol. The second-order valence-electron chi connectivity index (χ2n) is 7.92. The van der Waals surface area contributed by atoms with Gasteiger partial charge in [0.05, 0.1) is 16.0 Å². The first-order chi connectivity index (χ1) is 14.8. The van der Waals surface area contributed by atoms with Crippen LogP contribution in [0.25, 0.3) is 10.9 Å². The van der Waals surface area contributed by atoms with Crippen LogP contribution >= 0.6 is 0 Å². The number of sulfonamides is 1. The lowest BCUT2D eigenvalue weighted by molar-refractivity contribution is 0.0991. The van der Waals surface area contributed by atoms with E-state index in [0.29, 0.717) is 31.6 Å². The summed E-state index contributed by atoms with van der Waals surface area (Å²) in [5.74, 6) is -0.0841. The van der Waals surface area contributed by atoms with Crippen LogP contribution in [-0.2, 0) is 16.4 Å². The van der Waals surface area contributed by atoms with E-state index in [9.17, 15) is 13.2 Å². The third-order valence-electron chi connectivity index (χ3n) is 5.86. The smallest absolute Gasteiger partial charge is 0.259 e. The van der Waals surface area contributed by atoms with E-state index in [4.69, 9.17) is 0 Å². The summed E-state index contributed by atoms with van der Waals surface area (Å²) in [4.78, 5) is 20.1. The number of nitrogens with zero attached hydrogens (tertiary/aromatic N) is 3. The lowest BCUT2D eigenvalue weighted by Gasteiger charge is -2.21. The van der Waals surface area contributed by atoms with Crippen LogP contribution in [0.15, 0.2) is 47.4 Å². The molecule has 2 aromatic carbocycles. The van der Waals surface area contributed by atoms with E-state index in [1.54, 1.807) is 23.1 Å². The minimum absolute atomic E-state index is 0.0841. The number of anilines is 1. The summed E-state index contributed by atoms with van der Waals surface area (Å²) >= 11 is 0. The van der Waals surface area contributed by atoms with E-state index in [-0.39, 0.29) is 10.8 Å². The van der Waals surface area contributed by atoms with Gasteiger partial charge in [-0.2, -0.15) is 4.31 Å². The first kappa shape index (κ1) is 21.5. The van der Waals surface area contributed by atoms with Gasteiger partial charge >= 0.3 is 0 Å². The summed E-state index contributed by atoms with van der Waals surface area (Å²) in [5, 5.41) is 0.838. The molecule has 1 aromatic heterocycles. The highest BCUT2D eigenvalue weighted by Gasteiger charge is 2.30. The Labute approximate surface area is 183 Å². The van der Waals surface area contributed by atoms with E-state index >= 15 is 0 Å². The zero-order valence-corrected chi connectivity index (χ0v) is 19.2. The number of aryl methyl sites for hydroxylation is 2. The molecule has 0 saturated carbocycles. The van der Waals surface area contributed by atoms with Crippen LogP contribution in [0.2, 0.25) is 0 Å².